The lowest BCUT2D eigenvalue weighted by atomic mass is 9.94. The smallest absolute Gasteiger partial charge is 0.416 e. The van der Waals surface area contributed by atoms with Gasteiger partial charge in [0.2, 0.25) is 0 Å². The highest BCUT2D eigenvalue weighted by Gasteiger charge is 2.46. The normalized spacial score (nSPS) is 17.6. The van der Waals surface area contributed by atoms with Gasteiger partial charge in [-0.15, -0.1) is 0 Å². The lowest BCUT2D eigenvalue weighted by Gasteiger charge is -2.25. The molecule has 0 spiro atoms. The molecule has 1 atom stereocenters. The number of hydrogen-bond donors (Lipinski definition) is 1. The minimum atomic E-state index is -4.55. The summed E-state index contributed by atoms with van der Waals surface area (Å²) in [4.78, 5) is 31.7. The predicted molar refractivity (Wildman–Crippen MR) is 127 cm³/mol. The van der Waals surface area contributed by atoms with Crippen LogP contribution in [0.5, 0.6) is 0 Å². The van der Waals surface area contributed by atoms with E-state index in [4.69, 9.17) is 0 Å². The maximum atomic E-state index is 13.3. The highest BCUT2D eigenvalue weighted by Crippen LogP contribution is 2.41. The maximum absolute atomic E-state index is 13.3. The molecule has 4 aromatic rings. The first-order chi connectivity index (χ1) is 17.3. The third-order valence-corrected chi connectivity index (χ3v) is 6.19. The number of ketones is 1. The predicted octanol–water partition coefficient (Wildman–Crippen LogP) is 5.88. The molecule has 3 aromatic carbocycles. The summed E-state index contributed by atoms with van der Waals surface area (Å²) in [6.45, 7) is -0.264. The summed E-state index contributed by atoms with van der Waals surface area (Å²) in [5.74, 6) is -2.19. The van der Waals surface area contributed by atoms with Crippen molar-refractivity contribution in [3.63, 3.8) is 0 Å². The number of fused-ring (bicyclic) bond motifs is 1. The Bertz CT molecular complexity index is 1510. The zero-order chi connectivity index (χ0) is 25.4. The molecular formula is C28H19F3N2O3. The van der Waals surface area contributed by atoms with Crippen LogP contribution in [-0.2, 0) is 22.3 Å². The number of amides is 1. The number of aliphatic hydroxyl groups excluding tert-OH is 1. The molecular weight excluding hydrogens is 469 g/mol. The van der Waals surface area contributed by atoms with Crippen molar-refractivity contribution in [3.8, 4) is 0 Å². The van der Waals surface area contributed by atoms with Gasteiger partial charge in [-0.3, -0.25) is 14.6 Å². The lowest BCUT2D eigenvalue weighted by Crippen LogP contribution is -2.29. The van der Waals surface area contributed by atoms with E-state index in [9.17, 15) is 27.9 Å². The molecule has 5 rings (SSSR count). The van der Waals surface area contributed by atoms with E-state index in [-0.39, 0.29) is 23.4 Å². The molecule has 0 saturated carbocycles. The molecule has 1 fully saturated rings. The first-order valence-electron chi connectivity index (χ1n) is 11.1. The van der Waals surface area contributed by atoms with Crippen LogP contribution < -0.4 is 0 Å². The Labute approximate surface area is 204 Å². The number of aromatic nitrogens is 1. The van der Waals surface area contributed by atoms with E-state index in [1.807, 2.05) is 18.2 Å². The van der Waals surface area contributed by atoms with Gasteiger partial charge in [-0.1, -0.05) is 60.7 Å². The number of halogens is 3. The van der Waals surface area contributed by atoms with Crippen molar-refractivity contribution in [2.75, 3.05) is 0 Å². The number of benzene rings is 3. The highest BCUT2D eigenvalue weighted by atomic mass is 19.4. The van der Waals surface area contributed by atoms with Crippen LogP contribution in [0.1, 0.15) is 28.3 Å². The summed E-state index contributed by atoms with van der Waals surface area (Å²) in [6, 6.07) is 19.4. The van der Waals surface area contributed by atoms with Crippen molar-refractivity contribution in [1.29, 1.82) is 0 Å². The molecule has 1 unspecified atom stereocenters. The Balaban J connectivity index is 1.66. The molecule has 180 valence electrons. The third kappa shape index (κ3) is 4.11. The lowest BCUT2D eigenvalue weighted by molar-refractivity contribution is -0.140. The van der Waals surface area contributed by atoms with Crippen LogP contribution in [-0.4, -0.2) is 26.7 Å². The average Bonchev–Trinajstić information content (AvgIpc) is 3.13. The first-order valence-corrected chi connectivity index (χ1v) is 11.1. The molecule has 8 heteroatoms. The van der Waals surface area contributed by atoms with Gasteiger partial charge >= 0.3 is 6.18 Å². The van der Waals surface area contributed by atoms with E-state index >= 15 is 0 Å². The van der Waals surface area contributed by atoms with E-state index in [0.29, 0.717) is 16.5 Å². The maximum Gasteiger partial charge on any atom is 0.416 e. The zero-order valence-electron chi connectivity index (χ0n) is 18.7. The Kier molecular flexibility index (Phi) is 5.80. The summed E-state index contributed by atoms with van der Waals surface area (Å²) < 4.78 is 39.8. The van der Waals surface area contributed by atoms with E-state index in [1.165, 1.54) is 29.4 Å². The number of likely N-dealkylation sites (tertiary alicyclic amines) is 1. The van der Waals surface area contributed by atoms with E-state index in [0.717, 1.165) is 17.5 Å². The Morgan fingerprint density at radius 3 is 2.44 bits per heavy atom. The molecule has 5 nitrogen and oxygen atoms in total. The third-order valence-electron chi connectivity index (χ3n) is 6.19. The number of rotatable bonds is 4. The number of Topliss-reactive ketones (excluding diaryl/α,β-unsaturated/α-hetero) is 1. The number of carbonyl (C=O) groups excluding carboxylic acids is 2. The second-order valence-electron chi connectivity index (χ2n) is 8.44. The molecule has 1 N–H and O–H groups in total. The molecule has 0 bridgehead atoms. The topological polar surface area (TPSA) is 70.5 Å². The fraction of sp³-hybridized carbons (Fsp3) is 0.107. The van der Waals surface area contributed by atoms with Crippen LogP contribution in [0.2, 0.25) is 0 Å². The van der Waals surface area contributed by atoms with Crippen LogP contribution in [0.3, 0.4) is 0 Å². The Hall–Kier alpha value is -4.46. The van der Waals surface area contributed by atoms with Crippen molar-refractivity contribution in [1.82, 2.24) is 9.88 Å². The summed E-state index contributed by atoms with van der Waals surface area (Å²) in [5.41, 5.74) is 0.0249. The Morgan fingerprint density at radius 1 is 0.944 bits per heavy atom. The Morgan fingerprint density at radius 2 is 1.69 bits per heavy atom. The molecule has 1 aliphatic heterocycles. The fourth-order valence-corrected chi connectivity index (χ4v) is 4.55. The van der Waals surface area contributed by atoms with Crippen molar-refractivity contribution < 1.29 is 27.9 Å². The second kappa shape index (κ2) is 8.96. The van der Waals surface area contributed by atoms with E-state index < -0.39 is 29.5 Å². The number of nitrogens with zero attached hydrogens (tertiary/aromatic N) is 2. The number of alkyl halides is 3. The monoisotopic (exact) mass is 488 g/mol. The molecule has 1 aliphatic rings. The number of aliphatic hydroxyl groups is 1. The molecule has 36 heavy (non-hydrogen) atoms. The molecule has 1 amide bonds. The van der Waals surface area contributed by atoms with Crippen LogP contribution in [0.15, 0.2) is 96.8 Å². The van der Waals surface area contributed by atoms with E-state index in [2.05, 4.69) is 4.98 Å². The van der Waals surface area contributed by atoms with Crippen LogP contribution in [0, 0.1) is 0 Å². The van der Waals surface area contributed by atoms with Crippen molar-refractivity contribution >= 4 is 28.2 Å². The summed E-state index contributed by atoms with van der Waals surface area (Å²) in [7, 11) is 0. The summed E-state index contributed by atoms with van der Waals surface area (Å²) in [6.07, 6.45) is -1.57. The van der Waals surface area contributed by atoms with Gasteiger partial charge in [0.05, 0.1) is 17.2 Å². The average molecular weight is 488 g/mol. The summed E-state index contributed by atoms with van der Waals surface area (Å²) >= 11 is 0. The molecule has 1 aromatic heterocycles. The van der Waals surface area contributed by atoms with Gasteiger partial charge in [0.1, 0.15) is 5.76 Å². The van der Waals surface area contributed by atoms with Crippen LogP contribution in [0.4, 0.5) is 13.2 Å². The van der Waals surface area contributed by atoms with Gasteiger partial charge in [-0.2, -0.15) is 13.2 Å². The van der Waals surface area contributed by atoms with Gasteiger partial charge in [0.15, 0.2) is 0 Å². The summed E-state index contributed by atoms with van der Waals surface area (Å²) in [5, 5.41) is 12.9. The fourth-order valence-electron chi connectivity index (χ4n) is 4.55. The molecule has 2 heterocycles. The van der Waals surface area contributed by atoms with Gasteiger partial charge in [-0.25, -0.2) is 0 Å². The minimum absolute atomic E-state index is 0.142. The van der Waals surface area contributed by atoms with Crippen molar-refractivity contribution in [3.05, 3.63) is 119 Å². The van der Waals surface area contributed by atoms with Crippen LogP contribution in [0.25, 0.3) is 16.5 Å². The minimum Gasteiger partial charge on any atom is -0.507 e. The number of hydrogen-bond acceptors (Lipinski definition) is 4. The standard InChI is InChI=1S/C28H19F3N2O3/c29-28(30,31)20-10-3-6-17(14-20)16-33-24(19-9-5-13-32-15-19)23(26(35)27(33)36)25(34)22-12-4-8-18-7-1-2-11-21(18)22/h1-15,24,34H,16H2/b25-23-. The quantitative estimate of drug-likeness (QED) is 0.221. The SMILES string of the molecule is O=C1C(=O)N(Cc2cccc(C(F)(F)F)c2)C(c2cccnc2)/C1=C(/O)c1cccc2ccccc12. The van der Waals surface area contributed by atoms with Gasteiger partial charge in [0, 0.05) is 24.5 Å². The van der Waals surface area contributed by atoms with Crippen molar-refractivity contribution in [2.45, 2.75) is 18.8 Å². The van der Waals surface area contributed by atoms with Gasteiger partial charge < -0.3 is 10.0 Å². The van der Waals surface area contributed by atoms with Crippen LogP contribution >= 0.6 is 0 Å². The van der Waals surface area contributed by atoms with Crippen molar-refractivity contribution in [2.24, 2.45) is 0 Å². The highest BCUT2D eigenvalue weighted by molar-refractivity contribution is 6.46. The largest absolute Gasteiger partial charge is 0.507 e. The van der Waals surface area contributed by atoms with Gasteiger partial charge in [0.25, 0.3) is 11.7 Å². The molecule has 0 aliphatic carbocycles. The van der Waals surface area contributed by atoms with Gasteiger partial charge in [-0.05, 0) is 40.1 Å². The molecule has 0 radical (unpaired) electrons. The zero-order valence-corrected chi connectivity index (χ0v) is 18.7. The van der Waals surface area contributed by atoms with E-state index in [1.54, 1.807) is 36.4 Å². The number of pyridine rings is 1. The second-order valence-corrected chi connectivity index (χ2v) is 8.44. The first kappa shape index (κ1) is 23.3. The molecule has 1 saturated heterocycles. The number of carbonyl (C=O) groups is 2.